The van der Waals surface area contributed by atoms with Gasteiger partial charge >= 0.3 is 0 Å². The molecule has 3 aromatic heterocycles. The van der Waals surface area contributed by atoms with Crippen LogP contribution >= 0.6 is 0 Å². The average Bonchev–Trinajstić information content (AvgIpc) is 3.59. The molecule has 0 fully saturated rings. The molecule has 0 radical (unpaired) electrons. The first-order chi connectivity index (χ1) is 24.1. The Balaban J connectivity index is 3.01. The second kappa shape index (κ2) is 15.9. The van der Waals surface area contributed by atoms with Crippen LogP contribution in [-0.2, 0) is 0 Å². The van der Waals surface area contributed by atoms with Crippen LogP contribution < -0.4 is 19.6 Å². The summed E-state index contributed by atoms with van der Waals surface area (Å²) < 4.78 is 0. The smallest absolute Gasteiger partial charge is 0.291 e. The van der Waals surface area contributed by atoms with Crippen molar-refractivity contribution in [3.63, 3.8) is 0 Å². The van der Waals surface area contributed by atoms with Gasteiger partial charge in [0.1, 0.15) is 22.7 Å². The van der Waals surface area contributed by atoms with Gasteiger partial charge in [-0.2, -0.15) is 9.97 Å². The van der Waals surface area contributed by atoms with Gasteiger partial charge in [-0.05, 0) is 0 Å². The third-order valence-corrected chi connectivity index (χ3v) is 7.29. The van der Waals surface area contributed by atoms with Gasteiger partial charge in [-0.25, -0.2) is 19.9 Å². The Kier molecular flexibility index (Phi) is 12.3. The SMILES string of the molecule is CN(C)C(=O)c1nc(C(=O)N(C)C)nc2[nH]c(nc(C(=O)N(C)C)nc(C(=O)N(C)C)nc3[nH]c(n1)c(N(C)C)c3N(C)C)c(N(C)C)c2N(C)C. The molecule has 0 aliphatic heterocycles. The highest BCUT2D eigenvalue weighted by atomic mass is 16.2. The lowest BCUT2D eigenvalue weighted by molar-refractivity contribution is 0.0794. The van der Waals surface area contributed by atoms with Gasteiger partial charge in [0.25, 0.3) is 23.6 Å². The fraction of sp³-hybridized carbons (Fsp3) is 0.500. The van der Waals surface area contributed by atoms with Gasteiger partial charge in [-0.1, -0.05) is 0 Å². The molecule has 52 heavy (non-hydrogen) atoms. The Morgan fingerprint density at radius 3 is 0.635 bits per heavy atom. The molecule has 4 bridgehead atoms. The summed E-state index contributed by atoms with van der Waals surface area (Å²) in [5.41, 5.74) is 2.41. The zero-order chi connectivity index (χ0) is 39.5. The van der Waals surface area contributed by atoms with Gasteiger partial charge in [0, 0.05) is 113 Å². The van der Waals surface area contributed by atoms with Crippen LogP contribution in [0.4, 0.5) is 22.7 Å². The molecule has 3 rings (SSSR count). The van der Waals surface area contributed by atoms with Crippen molar-refractivity contribution in [2.24, 2.45) is 0 Å². The molecule has 282 valence electrons. The van der Waals surface area contributed by atoms with Crippen molar-refractivity contribution in [2.45, 2.75) is 0 Å². The van der Waals surface area contributed by atoms with Crippen LogP contribution in [0.3, 0.4) is 0 Å². The van der Waals surface area contributed by atoms with E-state index in [1.807, 2.05) is 0 Å². The van der Waals surface area contributed by atoms with Gasteiger partial charge in [0.2, 0.25) is 23.3 Å². The van der Waals surface area contributed by atoms with E-state index in [9.17, 15) is 19.2 Å². The van der Waals surface area contributed by atoms with E-state index < -0.39 is 23.6 Å². The van der Waals surface area contributed by atoms with Crippen molar-refractivity contribution >= 4 is 69.0 Å². The molecule has 0 aliphatic rings. The lowest BCUT2D eigenvalue weighted by Gasteiger charge is -2.19. The first-order valence-electron chi connectivity index (χ1n) is 15.9. The number of fused-ring (bicyclic) bond motifs is 4. The van der Waals surface area contributed by atoms with Crippen LogP contribution in [0.1, 0.15) is 42.5 Å². The lowest BCUT2D eigenvalue weighted by Crippen LogP contribution is -2.27. The molecule has 0 saturated carbocycles. The number of carbonyl (C=O) groups is 4. The van der Waals surface area contributed by atoms with E-state index in [1.54, 1.807) is 76.0 Å². The summed E-state index contributed by atoms with van der Waals surface area (Å²) in [7, 11) is 26.4. The molecule has 0 saturated heterocycles. The second-order valence-electron chi connectivity index (χ2n) is 13.4. The summed E-state index contributed by atoms with van der Waals surface area (Å²) in [5.74, 6) is -3.97. The molecule has 0 spiro atoms. The van der Waals surface area contributed by atoms with Crippen LogP contribution in [-0.4, -0.2) is 196 Å². The Hall–Kier alpha value is -6.08. The number of hydrogen-bond donors (Lipinski definition) is 2. The number of carbonyl (C=O) groups excluding carboxylic acids is 4. The fourth-order valence-corrected chi connectivity index (χ4v) is 4.83. The maximum Gasteiger partial charge on any atom is 0.291 e. The monoisotopic (exact) mass is 722 g/mol. The highest BCUT2D eigenvalue weighted by Gasteiger charge is 2.25. The van der Waals surface area contributed by atoms with E-state index in [0.717, 1.165) is 0 Å². The van der Waals surface area contributed by atoms with Gasteiger partial charge < -0.3 is 49.2 Å². The number of aromatic amines is 2. The quantitative estimate of drug-likeness (QED) is 0.322. The minimum absolute atomic E-state index is 0.131. The second-order valence-corrected chi connectivity index (χ2v) is 13.4. The molecule has 20 nitrogen and oxygen atoms in total. The molecule has 20 heteroatoms. The zero-order valence-electron chi connectivity index (χ0n) is 32.9. The van der Waals surface area contributed by atoms with E-state index in [2.05, 4.69) is 39.9 Å². The van der Waals surface area contributed by atoms with Crippen LogP contribution in [0, 0.1) is 0 Å². The maximum absolute atomic E-state index is 13.7. The summed E-state index contributed by atoms with van der Waals surface area (Å²) in [6.07, 6.45) is 0. The number of anilines is 4. The van der Waals surface area contributed by atoms with Crippen molar-refractivity contribution in [1.29, 1.82) is 0 Å². The maximum atomic E-state index is 13.7. The molecular weight excluding hydrogens is 672 g/mol. The largest absolute Gasteiger partial charge is 0.373 e. The third-order valence-electron chi connectivity index (χ3n) is 7.29. The van der Waals surface area contributed by atoms with Crippen molar-refractivity contribution in [1.82, 2.24) is 59.5 Å². The Labute approximate surface area is 303 Å². The van der Waals surface area contributed by atoms with Crippen LogP contribution in [0.2, 0.25) is 0 Å². The van der Waals surface area contributed by atoms with E-state index in [0.29, 0.717) is 22.7 Å². The van der Waals surface area contributed by atoms with Crippen LogP contribution in [0.25, 0.3) is 22.6 Å². The molecule has 0 unspecified atom stereocenters. The Morgan fingerprint density at radius 1 is 0.327 bits per heavy atom. The summed E-state index contributed by atoms with van der Waals surface area (Å²) >= 11 is 0. The molecule has 0 aliphatic carbocycles. The summed E-state index contributed by atoms with van der Waals surface area (Å²) in [6, 6.07) is 0. The van der Waals surface area contributed by atoms with E-state index in [1.165, 1.54) is 76.0 Å². The normalized spacial score (nSPS) is 10.6. The Bertz CT molecular complexity index is 1730. The number of nitrogens with zero attached hydrogens (tertiary/aromatic N) is 14. The highest BCUT2D eigenvalue weighted by molar-refractivity contribution is 6.00. The van der Waals surface area contributed by atoms with Gasteiger partial charge in [0.05, 0.1) is 0 Å². The van der Waals surface area contributed by atoms with Crippen LogP contribution in [0.15, 0.2) is 0 Å². The minimum Gasteiger partial charge on any atom is -0.373 e. The van der Waals surface area contributed by atoms with Crippen molar-refractivity contribution < 1.29 is 19.2 Å². The predicted octanol–water partition coefficient (Wildman–Crippen LogP) is 0.339. The number of nitrogens with one attached hydrogen (secondary N) is 2. The average molecular weight is 723 g/mol. The summed E-state index contributed by atoms with van der Waals surface area (Å²) in [6.45, 7) is 0. The number of amides is 4. The molecule has 3 aromatic rings. The molecule has 2 N–H and O–H groups in total. The third kappa shape index (κ3) is 8.44. The van der Waals surface area contributed by atoms with E-state index >= 15 is 0 Å². The van der Waals surface area contributed by atoms with E-state index in [4.69, 9.17) is 0 Å². The van der Waals surface area contributed by atoms with Crippen LogP contribution in [0.5, 0.6) is 0 Å². The molecule has 3 heterocycles. The molecule has 0 aromatic carbocycles. The molecule has 0 atom stereocenters. The Morgan fingerprint density at radius 2 is 0.500 bits per heavy atom. The minimum atomic E-state index is -0.625. The summed E-state index contributed by atoms with van der Waals surface area (Å²) in [4.78, 5) is 101. The standard InChI is InChI=1S/C32H50N16O4/c1-41(2)17-18(42(3)4)22-33-21(17)35-25(29(49)45(9)10)39-27(31(51)47(13)14)37-23-19(43(5)6)20(44(7)8)24(34-23)38-28(32(52)48(15)16)40-26(36-22)30(50)46(11)12/h1-16H3,(H2,33,34,35,36,37,38,39,40). The number of aromatic nitrogens is 8. The van der Waals surface area contributed by atoms with Crippen molar-refractivity contribution in [3.8, 4) is 0 Å². The zero-order valence-corrected chi connectivity index (χ0v) is 32.9. The molecular formula is C32H50N16O4. The van der Waals surface area contributed by atoms with Crippen molar-refractivity contribution in [2.75, 3.05) is 132 Å². The summed E-state index contributed by atoms with van der Waals surface area (Å²) in [5, 5.41) is 0. The van der Waals surface area contributed by atoms with Gasteiger partial charge in [-0.3, -0.25) is 19.2 Å². The first-order valence-corrected chi connectivity index (χ1v) is 15.9. The van der Waals surface area contributed by atoms with E-state index in [-0.39, 0.29) is 45.9 Å². The topological polar surface area (TPSA) is 203 Å². The van der Waals surface area contributed by atoms with Crippen molar-refractivity contribution in [3.05, 3.63) is 23.3 Å². The number of hydrogen-bond acceptors (Lipinski definition) is 14. The first kappa shape index (κ1) is 40.4. The van der Waals surface area contributed by atoms with Gasteiger partial charge in [0.15, 0.2) is 22.6 Å². The number of H-pyrrole nitrogens is 2. The highest BCUT2D eigenvalue weighted by Crippen LogP contribution is 2.35. The molecule has 4 amide bonds. The predicted molar refractivity (Wildman–Crippen MR) is 202 cm³/mol. The number of rotatable bonds is 8. The lowest BCUT2D eigenvalue weighted by atomic mass is 10.3. The van der Waals surface area contributed by atoms with Gasteiger partial charge in [-0.15, -0.1) is 0 Å². The fourth-order valence-electron chi connectivity index (χ4n) is 4.83.